The summed E-state index contributed by atoms with van der Waals surface area (Å²) in [5.74, 6) is -0.362. The van der Waals surface area contributed by atoms with Gasteiger partial charge in [-0.1, -0.05) is 126 Å². The van der Waals surface area contributed by atoms with Crippen LogP contribution in [-0.4, -0.2) is 17.0 Å². The normalized spacial score (nSPS) is 14.8. The number of ketones is 1. The monoisotopic (exact) mass is 936 g/mol. The summed E-state index contributed by atoms with van der Waals surface area (Å²) < 4.78 is 101. The van der Waals surface area contributed by atoms with Crippen molar-refractivity contribution in [3.05, 3.63) is 140 Å². The van der Waals surface area contributed by atoms with Crippen molar-refractivity contribution in [2.24, 2.45) is 0 Å². The number of halogens is 5. The van der Waals surface area contributed by atoms with Gasteiger partial charge in [0.25, 0.3) is 5.66 Å². The molecule has 0 aliphatic carbocycles. The molecule has 0 spiro atoms. The van der Waals surface area contributed by atoms with Gasteiger partial charge in [0.05, 0.1) is 16.6 Å². The van der Waals surface area contributed by atoms with Gasteiger partial charge in [0, 0.05) is 28.8 Å². The Morgan fingerprint density at radius 2 is 1.08 bits per heavy atom. The van der Waals surface area contributed by atoms with E-state index in [9.17, 15) is 18.9 Å². The minimum Gasteiger partial charge on any atom is -0.806 e. The van der Waals surface area contributed by atoms with Gasteiger partial charge in [0.1, 0.15) is 0 Å². The van der Waals surface area contributed by atoms with E-state index in [4.69, 9.17) is 9.05 Å². The Balaban J connectivity index is 2.09. The summed E-state index contributed by atoms with van der Waals surface area (Å²) in [4.78, 5) is 39.7. The SMILES string of the molecule is CC(C)(C)OP(=O)(OC(C)(C)C)C(F)(F)c1ccc(CC(Cc2c(C(C)(C)C)cc(C(F)(F)P(=O)([O-])[O-])c(Br)c2C(C)(C)C)(C(=O)c2ccccc2)c2ccccc2)cc1. The van der Waals surface area contributed by atoms with Crippen LogP contribution in [0.5, 0.6) is 0 Å². The third-order valence-electron chi connectivity index (χ3n) is 9.81. The summed E-state index contributed by atoms with van der Waals surface area (Å²) in [6.45, 7) is 19.5. The highest BCUT2D eigenvalue weighted by atomic mass is 79.9. The van der Waals surface area contributed by atoms with Gasteiger partial charge in [0.15, 0.2) is 5.78 Å². The zero-order valence-electron chi connectivity index (χ0n) is 36.2. The Kier molecular flexibility index (Phi) is 14.1. The Labute approximate surface area is 360 Å². The molecule has 0 saturated carbocycles. The van der Waals surface area contributed by atoms with E-state index < -0.39 is 65.1 Å². The highest BCUT2D eigenvalue weighted by Gasteiger charge is 2.58. The van der Waals surface area contributed by atoms with E-state index in [1.54, 1.807) is 102 Å². The van der Waals surface area contributed by atoms with Gasteiger partial charge in [0.2, 0.25) is 0 Å². The molecule has 0 radical (unpaired) electrons. The Morgan fingerprint density at radius 1 is 0.617 bits per heavy atom. The molecule has 4 aromatic carbocycles. The molecular weight excluding hydrogens is 882 g/mol. The van der Waals surface area contributed by atoms with Crippen LogP contribution in [0.3, 0.4) is 0 Å². The molecule has 0 N–H and O–H groups in total. The van der Waals surface area contributed by atoms with Crippen LogP contribution in [0.1, 0.15) is 132 Å². The third-order valence-corrected chi connectivity index (χ3v) is 14.1. The van der Waals surface area contributed by atoms with Crippen molar-refractivity contribution in [1.29, 1.82) is 0 Å². The molecule has 7 nitrogen and oxygen atoms in total. The van der Waals surface area contributed by atoms with Crippen LogP contribution in [0, 0.1) is 0 Å². The Bertz CT molecular complexity index is 2250. The molecule has 0 saturated heterocycles. The number of hydrogen-bond acceptors (Lipinski definition) is 7. The van der Waals surface area contributed by atoms with Crippen molar-refractivity contribution in [2.45, 2.75) is 135 Å². The van der Waals surface area contributed by atoms with Crippen molar-refractivity contribution < 1.29 is 50.3 Å². The van der Waals surface area contributed by atoms with Crippen LogP contribution in [0.25, 0.3) is 0 Å². The van der Waals surface area contributed by atoms with E-state index in [0.717, 1.165) is 18.2 Å². The lowest BCUT2D eigenvalue weighted by atomic mass is 9.63. The van der Waals surface area contributed by atoms with E-state index in [1.807, 2.05) is 0 Å². The maximum absolute atomic E-state index is 16.5. The quantitative estimate of drug-likeness (QED) is 0.0744. The fourth-order valence-electron chi connectivity index (χ4n) is 7.36. The minimum absolute atomic E-state index is 0.0930. The summed E-state index contributed by atoms with van der Waals surface area (Å²) in [7, 11) is -11.7. The van der Waals surface area contributed by atoms with Gasteiger partial charge in [-0.3, -0.25) is 18.4 Å². The average Bonchev–Trinajstić information content (AvgIpc) is 3.08. The number of benzene rings is 4. The number of hydrogen-bond donors (Lipinski definition) is 0. The van der Waals surface area contributed by atoms with Crippen molar-refractivity contribution in [2.75, 3.05) is 0 Å². The highest BCUT2D eigenvalue weighted by Crippen LogP contribution is 2.70. The third kappa shape index (κ3) is 10.6. The first-order valence-corrected chi connectivity index (χ1v) is 23.4. The summed E-state index contributed by atoms with van der Waals surface area (Å²) in [6.07, 6.45) is -0.225. The Hall–Kier alpha value is -2.95. The molecular formula is C46H55BrF4O7P2-2. The molecule has 0 heterocycles. The van der Waals surface area contributed by atoms with Gasteiger partial charge in [-0.05, 0) is 115 Å². The average molecular weight is 938 g/mol. The van der Waals surface area contributed by atoms with Crippen LogP contribution in [0.15, 0.2) is 95.5 Å². The van der Waals surface area contributed by atoms with Crippen LogP contribution in [0.4, 0.5) is 17.6 Å². The zero-order chi connectivity index (χ0) is 45.7. The van der Waals surface area contributed by atoms with Crippen molar-refractivity contribution in [3.63, 3.8) is 0 Å². The van der Waals surface area contributed by atoms with Gasteiger partial charge in [-0.2, -0.15) is 17.6 Å². The van der Waals surface area contributed by atoms with Crippen molar-refractivity contribution in [3.8, 4) is 0 Å². The first-order valence-electron chi connectivity index (χ1n) is 19.5. The summed E-state index contributed by atoms with van der Waals surface area (Å²) in [6, 6.07) is 23.4. The lowest BCUT2D eigenvalue weighted by molar-refractivity contribution is -0.335. The molecule has 4 aromatic rings. The first-order chi connectivity index (χ1) is 27.1. The van der Waals surface area contributed by atoms with Crippen LogP contribution in [-0.2, 0) is 58.6 Å². The number of rotatable bonds is 13. The minimum atomic E-state index is -6.52. The predicted octanol–water partition coefficient (Wildman–Crippen LogP) is 12.5. The van der Waals surface area contributed by atoms with Crippen LogP contribution >= 0.6 is 31.1 Å². The number of alkyl halides is 4. The fraction of sp³-hybridized carbons (Fsp3) is 0.457. The smallest absolute Gasteiger partial charge is 0.405 e. The number of carbonyl (C=O) groups excluding carboxylic acids is 1. The lowest BCUT2D eigenvalue weighted by Crippen LogP contribution is -2.42. The van der Waals surface area contributed by atoms with Gasteiger partial charge < -0.3 is 14.4 Å². The predicted molar refractivity (Wildman–Crippen MR) is 229 cm³/mol. The molecule has 0 aliphatic rings. The summed E-state index contributed by atoms with van der Waals surface area (Å²) in [5.41, 5.74) is -14.2. The summed E-state index contributed by atoms with van der Waals surface area (Å²) >= 11 is 3.31. The van der Waals surface area contributed by atoms with Crippen molar-refractivity contribution in [1.82, 2.24) is 0 Å². The molecule has 14 heteroatoms. The van der Waals surface area contributed by atoms with Gasteiger partial charge >= 0.3 is 13.3 Å². The van der Waals surface area contributed by atoms with E-state index in [1.165, 1.54) is 53.7 Å². The molecule has 0 aliphatic heterocycles. The second-order valence-corrected chi connectivity index (χ2v) is 23.6. The van der Waals surface area contributed by atoms with E-state index in [2.05, 4.69) is 15.9 Å². The first kappa shape index (κ1) is 49.7. The molecule has 1 unspecified atom stereocenters. The van der Waals surface area contributed by atoms with Gasteiger partial charge in [-0.15, -0.1) is 0 Å². The van der Waals surface area contributed by atoms with Crippen LogP contribution in [0.2, 0.25) is 0 Å². The van der Waals surface area contributed by atoms with Crippen LogP contribution < -0.4 is 9.79 Å². The molecule has 0 bridgehead atoms. The largest absolute Gasteiger partial charge is 0.806 e. The topological polar surface area (TPSA) is 116 Å². The van der Waals surface area contributed by atoms with Crippen molar-refractivity contribution >= 4 is 36.9 Å². The molecule has 60 heavy (non-hydrogen) atoms. The maximum atomic E-state index is 16.5. The van der Waals surface area contributed by atoms with E-state index >= 15 is 22.4 Å². The molecule has 328 valence electrons. The molecule has 0 amide bonds. The number of carbonyl (C=O) groups is 1. The van der Waals surface area contributed by atoms with E-state index in [0.29, 0.717) is 22.3 Å². The fourth-order valence-corrected chi connectivity index (χ4v) is 11.4. The summed E-state index contributed by atoms with van der Waals surface area (Å²) in [5, 5.41) is 0. The lowest BCUT2D eigenvalue weighted by Gasteiger charge is -2.42. The van der Waals surface area contributed by atoms with E-state index in [-0.39, 0.29) is 34.2 Å². The molecule has 4 rings (SSSR count). The number of Topliss-reactive ketones (excluding diaryl/α,β-unsaturated/α-hetero) is 1. The molecule has 1 atom stereocenters. The Morgan fingerprint density at radius 3 is 1.50 bits per heavy atom. The zero-order valence-corrected chi connectivity index (χ0v) is 39.6. The molecule has 0 fully saturated rings. The highest BCUT2D eigenvalue weighted by molar-refractivity contribution is 9.10. The van der Waals surface area contributed by atoms with Gasteiger partial charge in [-0.25, -0.2) is 0 Å². The second kappa shape index (κ2) is 17.0. The standard InChI is InChI=1S/C46H57BrF4O7P2/c1-40(2,3)35-27-36(46(50,51)59(53,54)55)38(47)37(41(4,5)6)34(35)29-44(32-21-17-14-18-22-32,39(52)31-19-15-13-16-20-31)28-30-23-25-33(26-24-30)45(48,49)60(56,57-42(7,8)9)58-43(10,11)12/h13-27H,28-29H2,1-12H3,(H2,53,54,55)/p-2. The second-order valence-electron chi connectivity index (χ2n) is 19.3. The maximum Gasteiger partial charge on any atom is 0.405 e. The molecule has 0 aromatic heterocycles.